The van der Waals surface area contributed by atoms with E-state index in [1.54, 1.807) is 6.92 Å². The van der Waals surface area contributed by atoms with E-state index in [0.29, 0.717) is 35.8 Å². The lowest BCUT2D eigenvalue weighted by molar-refractivity contribution is -0.133. The molecule has 37 heavy (non-hydrogen) atoms. The van der Waals surface area contributed by atoms with Gasteiger partial charge in [0.05, 0.1) is 27.2 Å². The Morgan fingerprint density at radius 2 is 1.86 bits per heavy atom. The Labute approximate surface area is 227 Å². The molecule has 6 nitrogen and oxygen atoms in total. The van der Waals surface area contributed by atoms with Crippen LogP contribution in [0.15, 0.2) is 16.7 Å². The fourth-order valence-corrected chi connectivity index (χ4v) is 7.47. The SMILES string of the molecule is Cc1noc(C)c1C(C)(C)C(=O)NC1CC(C(=O)N[C@H](c2c(F)ccc(Cl)c2Cl)C23CCC(CC2)C3)C1. The second-order valence-corrected chi connectivity index (χ2v) is 12.7. The molecule has 1 aromatic carbocycles. The van der Waals surface area contributed by atoms with Crippen molar-refractivity contribution < 1.29 is 18.5 Å². The lowest BCUT2D eigenvalue weighted by Crippen LogP contribution is -2.54. The summed E-state index contributed by atoms with van der Waals surface area (Å²) in [5, 5.41) is 10.7. The second-order valence-electron chi connectivity index (χ2n) is 11.9. The largest absolute Gasteiger partial charge is 0.361 e. The molecule has 2 aromatic rings. The van der Waals surface area contributed by atoms with Crippen molar-refractivity contribution in [2.24, 2.45) is 17.3 Å². The first kappa shape index (κ1) is 26.5. The summed E-state index contributed by atoms with van der Waals surface area (Å²) in [5.74, 6) is 0.293. The number of fused-ring (bicyclic) bond motifs is 2. The van der Waals surface area contributed by atoms with Crippen molar-refractivity contribution in [3.8, 4) is 0 Å². The molecule has 0 aliphatic heterocycles. The quantitative estimate of drug-likeness (QED) is 0.394. The van der Waals surface area contributed by atoms with Gasteiger partial charge in [-0.2, -0.15) is 0 Å². The van der Waals surface area contributed by atoms with Gasteiger partial charge in [0.25, 0.3) is 0 Å². The molecule has 0 saturated heterocycles. The van der Waals surface area contributed by atoms with Gasteiger partial charge in [-0.1, -0.05) is 28.4 Å². The Morgan fingerprint density at radius 3 is 2.43 bits per heavy atom. The number of nitrogens with one attached hydrogen (secondary N) is 2. The minimum Gasteiger partial charge on any atom is -0.361 e. The Balaban J connectivity index is 1.27. The third kappa shape index (κ3) is 4.56. The van der Waals surface area contributed by atoms with Gasteiger partial charge in [-0.25, -0.2) is 4.39 Å². The van der Waals surface area contributed by atoms with E-state index in [9.17, 15) is 9.59 Å². The van der Waals surface area contributed by atoms with Crippen LogP contribution in [-0.2, 0) is 15.0 Å². The number of halogens is 3. The van der Waals surface area contributed by atoms with Crippen LogP contribution in [0.1, 0.15) is 87.4 Å². The van der Waals surface area contributed by atoms with Gasteiger partial charge in [0.2, 0.25) is 11.8 Å². The highest BCUT2D eigenvalue weighted by atomic mass is 35.5. The number of amides is 2. The molecule has 0 unspecified atom stereocenters. The number of benzene rings is 1. The van der Waals surface area contributed by atoms with E-state index in [4.69, 9.17) is 27.7 Å². The van der Waals surface area contributed by atoms with Crippen molar-refractivity contribution in [1.29, 1.82) is 0 Å². The van der Waals surface area contributed by atoms with Gasteiger partial charge in [-0.3, -0.25) is 9.59 Å². The zero-order valence-corrected chi connectivity index (χ0v) is 23.2. The van der Waals surface area contributed by atoms with E-state index in [0.717, 1.165) is 37.7 Å². The summed E-state index contributed by atoms with van der Waals surface area (Å²) in [5.41, 5.74) is 0.768. The van der Waals surface area contributed by atoms with Crippen LogP contribution < -0.4 is 10.6 Å². The van der Waals surface area contributed by atoms with Crippen LogP contribution in [0, 0.1) is 36.9 Å². The average molecular weight is 551 g/mol. The summed E-state index contributed by atoms with van der Waals surface area (Å²) in [4.78, 5) is 26.5. The van der Waals surface area contributed by atoms with Crippen LogP contribution in [0.5, 0.6) is 0 Å². The lowest BCUT2D eigenvalue weighted by Gasteiger charge is -2.41. The first-order valence-corrected chi connectivity index (χ1v) is 13.9. The van der Waals surface area contributed by atoms with Crippen molar-refractivity contribution in [2.45, 2.75) is 90.1 Å². The predicted molar refractivity (Wildman–Crippen MR) is 140 cm³/mol. The predicted octanol–water partition coefficient (Wildman–Crippen LogP) is 6.35. The molecule has 3 aliphatic rings. The number of aryl methyl sites for hydroxylation is 2. The van der Waals surface area contributed by atoms with Crippen LogP contribution in [-0.4, -0.2) is 23.0 Å². The number of carbonyl (C=O) groups is 2. The zero-order valence-electron chi connectivity index (χ0n) is 21.7. The van der Waals surface area contributed by atoms with Gasteiger partial charge < -0.3 is 15.2 Å². The van der Waals surface area contributed by atoms with Crippen molar-refractivity contribution in [3.05, 3.63) is 50.6 Å². The number of aromatic nitrogens is 1. The van der Waals surface area contributed by atoms with Gasteiger partial charge >= 0.3 is 0 Å². The average Bonchev–Trinajstić information content (AvgIpc) is 3.53. The highest BCUT2D eigenvalue weighted by Gasteiger charge is 2.52. The van der Waals surface area contributed by atoms with Crippen LogP contribution in [0.4, 0.5) is 4.39 Å². The third-order valence-electron chi connectivity index (χ3n) is 9.13. The van der Waals surface area contributed by atoms with E-state index < -0.39 is 17.3 Å². The lowest BCUT2D eigenvalue weighted by atomic mass is 9.73. The zero-order chi connectivity index (χ0) is 26.7. The summed E-state index contributed by atoms with van der Waals surface area (Å²) in [6.07, 6.45) is 6.07. The van der Waals surface area contributed by atoms with Gasteiger partial charge in [0.15, 0.2) is 0 Å². The maximum Gasteiger partial charge on any atom is 0.230 e. The molecule has 1 aromatic heterocycles. The molecule has 0 spiro atoms. The summed E-state index contributed by atoms with van der Waals surface area (Å²) in [6.45, 7) is 7.32. The summed E-state index contributed by atoms with van der Waals surface area (Å²) >= 11 is 12.8. The van der Waals surface area contributed by atoms with E-state index in [1.807, 2.05) is 20.8 Å². The molecule has 3 saturated carbocycles. The fraction of sp³-hybridized carbons (Fsp3) is 0.607. The highest BCUT2D eigenvalue weighted by molar-refractivity contribution is 6.42. The maximum atomic E-state index is 15.1. The van der Waals surface area contributed by atoms with Crippen LogP contribution in [0.25, 0.3) is 0 Å². The van der Waals surface area contributed by atoms with Crippen molar-refractivity contribution in [3.63, 3.8) is 0 Å². The number of nitrogens with zero attached hydrogens (tertiary/aromatic N) is 1. The number of hydrogen-bond acceptors (Lipinski definition) is 4. The van der Waals surface area contributed by atoms with Gasteiger partial charge in [0, 0.05) is 23.1 Å². The second kappa shape index (κ2) is 9.57. The maximum absolute atomic E-state index is 15.1. The molecule has 3 fully saturated rings. The van der Waals surface area contributed by atoms with Gasteiger partial charge in [-0.15, -0.1) is 0 Å². The number of carbonyl (C=O) groups excluding carboxylic acids is 2. The van der Waals surface area contributed by atoms with E-state index in [1.165, 1.54) is 12.1 Å². The molecule has 3 aliphatic carbocycles. The fourth-order valence-electron chi connectivity index (χ4n) is 7.05. The molecule has 0 radical (unpaired) electrons. The first-order valence-electron chi connectivity index (χ1n) is 13.1. The normalized spacial score (nSPS) is 27.6. The molecule has 1 heterocycles. The Morgan fingerprint density at radius 1 is 1.19 bits per heavy atom. The highest BCUT2D eigenvalue weighted by Crippen LogP contribution is 2.61. The monoisotopic (exact) mass is 549 g/mol. The molecule has 9 heteroatoms. The van der Waals surface area contributed by atoms with Crippen LogP contribution in [0.3, 0.4) is 0 Å². The molecule has 2 N–H and O–H groups in total. The van der Waals surface area contributed by atoms with Crippen molar-refractivity contribution >= 4 is 35.0 Å². The third-order valence-corrected chi connectivity index (χ3v) is 9.95. The topological polar surface area (TPSA) is 84.2 Å². The van der Waals surface area contributed by atoms with E-state index >= 15 is 4.39 Å². The molecule has 2 amide bonds. The molecular formula is C28H34Cl2FN3O3. The van der Waals surface area contributed by atoms with E-state index in [2.05, 4.69) is 15.8 Å². The smallest absolute Gasteiger partial charge is 0.230 e. The first-order chi connectivity index (χ1) is 17.4. The summed E-state index contributed by atoms with van der Waals surface area (Å²) in [7, 11) is 0. The Hall–Kier alpha value is -2.12. The van der Waals surface area contributed by atoms with Gasteiger partial charge in [0.1, 0.15) is 11.6 Å². The minimum atomic E-state index is -0.811. The Kier molecular flexibility index (Phi) is 6.85. The van der Waals surface area contributed by atoms with Crippen molar-refractivity contribution in [1.82, 2.24) is 15.8 Å². The number of hydrogen-bond donors (Lipinski definition) is 2. The molecule has 1 atom stereocenters. The minimum absolute atomic E-state index is 0.103. The van der Waals surface area contributed by atoms with Crippen LogP contribution >= 0.6 is 23.2 Å². The standard InChI is InChI=1S/C28H34Cl2FN3O3/c1-14-22(15(2)37-34-14)27(3,4)26(36)32-18-11-17(12-18)25(35)33-24(28-9-7-16(13-28)8-10-28)21-20(31)6-5-19(29)23(21)30/h5-6,16-18,24H,7-13H2,1-4H3,(H,32,36)(H,33,35)/t16?,17?,18?,24-,28?/m1/s1. The molecular weight excluding hydrogens is 516 g/mol. The summed E-state index contributed by atoms with van der Waals surface area (Å²) < 4.78 is 20.4. The molecule has 200 valence electrons. The summed E-state index contributed by atoms with van der Waals surface area (Å²) in [6, 6.07) is 2.16. The Bertz CT molecular complexity index is 1210. The van der Waals surface area contributed by atoms with Gasteiger partial charge in [-0.05, 0) is 96.1 Å². The van der Waals surface area contributed by atoms with Crippen LogP contribution in [0.2, 0.25) is 10.0 Å². The number of rotatable bonds is 7. The van der Waals surface area contributed by atoms with E-state index in [-0.39, 0.29) is 39.2 Å². The molecule has 2 bridgehead atoms. The van der Waals surface area contributed by atoms with Crippen molar-refractivity contribution in [2.75, 3.05) is 0 Å². The molecule has 5 rings (SSSR count).